The van der Waals surface area contributed by atoms with Crippen LogP contribution in [-0.4, -0.2) is 53.5 Å². The van der Waals surface area contributed by atoms with Crippen molar-refractivity contribution in [2.45, 2.75) is 80.3 Å². The molecule has 1 aromatic carbocycles. The summed E-state index contributed by atoms with van der Waals surface area (Å²) in [5.74, 6) is -2.15. The lowest BCUT2D eigenvalue weighted by Gasteiger charge is -2.36. The van der Waals surface area contributed by atoms with Crippen LogP contribution in [0.5, 0.6) is 0 Å². The molecule has 5 nitrogen and oxygen atoms in total. The van der Waals surface area contributed by atoms with Gasteiger partial charge in [-0.3, -0.25) is 5.41 Å². The van der Waals surface area contributed by atoms with Crippen LogP contribution in [0, 0.1) is 12.3 Å². The zero-order valence-electron chi connectivity index (χ0n) is 21.9. The Labute approximate surface area is 199 Å². The van der Waals surface area contributed by atoms with Crippen molar-refractivity contribution in [3.63, 3.8) is 0 Å². The molecule has 0 unspecified atom stereocenters. The van der Waals surface area contributed by atoms with E-state index in [1.165, 1.54) is 12.1 Å². The van der Waals surface area contributed by atoms with Crippen molar-refractivity contribution in [2.75, 3.05) is 26.2 Å². The highest BCUT2D eigenvalue weighted by atomic mass is 19.3. The van der Waals surface area contributed by atoms with E-state index in [0.717, 1.165) is 24.5 Å². The van der Waals surface area contributed by atoms with Gasteiger partial charge in [-0.1, -0.05) is 56.7 Å². The molecule has 0 spiro atoms. The molecule has 0 aliphatic carbocycles. The molecule has 1 amide bonds. The first-order valence-corrected chi connectivity index (χ1v) is 11.7. The van der Waals surface area contributed by atoms with E-state index >= 15 is 0 Å². The summed E-state index contributed by atoms with van der Waals surface area (Å²) in [5, 5.41) is 8.13. The van der Waals surface area contributed by atoms with Crippen LogP contribution >= 0.6 is 0 Å². The molecule has 0 bridgehead atoms. The number of carbonyl (C=O) groups excluding carboxylic acids is 1. The molecule has 7 heteroatoms. The number of hydrogen-bond donors (Lipinski definition) is 1. The van der Waals surface area contributed by atoms with Crippen LogP contribution < -0.4 is 0 Å². The predicted octanol–water partition coefficient (Wildman–Crippen LogP) is 7.01. The van der Waals surface area contributed by atoms with Gasteiger partial charge in [0, 0.05) is 38.7 Å². The van der Waals surface area contributed by atoms with E-state index < -0.39 is 11.5 Å². The van der Waals surface area contributed by atoms with Gasteiger partial charge >= 0.3 is 6.09 Å². The molecule has 1 fully saturated rings. The van der Waals surface area contributed by atoms with Gasteiger partial charge in [0.1, 0.15) is 11.4 Å². The van der Waals surface area contributed by atoms with Gasteiger partial charge in [0.2, 0.25) is 0 Å². The van der Waals surface area contributed by atoms with Gasteiger partial charge in [-0.2, -0.15) is 0 Å². The summed E-state index contributed by atoms with van der Waals surface area (Å²) < 4.78 is 30.5. The maximum atomic E-state index is 12.6. The highest BCUT2D eigenvalue weighted by molar-refractivity contribution is 5.95. The molecule has 1 aliphatic rings. The van der Waals surface area contributed by atoms with Crippen LogP contribution in [0.4, 0.5) is 13.6 Å². The zero-order chi connectivity index (χ0) is 25.8. The summed E-state index contributed by atoms with van der Waals surface area (Å²) in [4.78, 5) is 15.7. The molecule has 1 aliphatic heterocycles. The summed E-state index contributed by atoms with van der Waals surface area (Å²) in [5.41, 5.74) is 1.61. The van der Waals surface area contributed by atoms with Gasteiger partial charge in [0.05, 0.1) is 0 Å². The highest BCUT2D eigenvalue weighted by Gasteiger charge is 2.27. The number of rotatable bonds is 3. The van der Waals surface area contributed by atoms with Gasteiger partial charge in [-0.05, 0) is 46.6 Å². The Bertz CT molecular complexity index is 755. The van der Waals surface area contributed by atoms with E-state index in [2.05, 4.69) is 13.0 Å². The van der Waals surface area contributed by atoms with E-state index in [1.807, 2.05) is 53.4 Å². The van der Waals surface area contributed by atoms with Crippen molar-refractivity contribution in [1.29, 1.82) is 5.41 Å². The minimum atomic E-state index is -2.71. The Balaban J connectivity index is 0.000000663. The molecular weight excluding hydrogens is 424 g/mol. The molecule has 0 radical (unpaired) electrons. The van der Waals surface area contributed by atoms with Gasteiger partial charge < -0.3 is 14.5 Å². The van der Waals surface area contributed by atoms with E-state index in [9.17, 15) is 13.6 Å². The van der Waals surface area contributed by atoms with Gasteiger partial charge in [0.25, 0.3) is 5.92 Å². The number of hydrogen-bond acceptors (Lipinski definition) is 3. The minimum absolute atomic E-state index is 0.0723. The fourth-order valence-corrected chi connectivity index (χ4v) is 2.94. The standard InChI is InChI=1S/C15H27N3O2.C9H10F2.C2H6/c1-6-7-12(2)13(16)17-8-10-18(11-9-17)14(19)20-15(3,4)5;1-7-3-5-8(6-4-7)9(2,10)11;1-2/h7,16H,6,8-11H2,1-5H3;3-6H,1-2H3;1-2H3/b12-7-,16-13?;;. The number of amidine groups is 1. The Morgan fingerprint density at radius 2 is 1.48 bits per heavy atom. The quantitative estimate of drug-likeness (QED) is 0.384. The molecule has 1 aromatic rings. The van der Waals surface area contributed by atoms with E-state index in [-0.39, 0.29) is 11.7 Å². The molecule has 0 aromatic heterocycles. The van der Waals surface area contributed by atoms with Crippen LogP contribution in [-0.2, 0) is 10.7 Å². The maximum Gasteiger partial charge on any atom is 0.410 e. The van der Waals surface area contributed by atoms with E-state index in [0.29, 0.717) is 32.0 Å². The van der Waals surface area contributed by atoms with Crippen LogP contribution in [0.3, 0.4) is 0 Å². The average Bonchev–Trinajstić information content (AvgIpc) is 2.74. The number of allylic oxidation sites excluding steroid dienone is 1. The fraction of sp³-hybridized carbons (Fsp3) is 0.615. The number of ether oxygens (including phenoxy) is 1. The molecule has 33 heavy (non-hydrogen) atoms. The SMILES string of the molecule is CC.CC/C=C(/C)C(=N)N1CCN(C(=O)OC(C)(C)C)CC1.Cc1ccc(C(C)(F)F)cc1. The van der Waals surface area contributed by atoms with Crippen molar-refractivity contribution < 1.29 is 18.3 Å². The third-order valence-corrected chi connectivity index (χ3v) is 4.69. The van der Waals surface area contributed by atoms with Crippen LogP contribution in [0.1, 0.15) is 72.9 Å². The monoisotopic (exact) mass is 467 g/mol. The number of nitrogens with zero attached hydrogens (tertiary/aromatic N) is 2. The summed E-state index contributed by atoms with van der Waals surface area (Å²) in [7, 11) is 0. The summed E-state index contributed by atoms with van der Waals surface area (Å²) in [6.07, 6.45) is 2.73. The number of aryl methyl sites for hydroxylation is 1. The Morgan fingerprint density at radius 3 is 1.88 bits per heavy atom. The zero-order valence-corrected chi connectivity index (χ0v) is 21.9. The molecule has 1 saturated heterocycles. The van der Waals surface area contributed by atoms with Crippen molar-refractivity contribution in [3.8, 4) is 0 Å². The highest BCUT2D eigenvalue weighted by Crippen LogP contribution is 2.26. The number of nitrogens with one attached hydrogen (secondary N) is 1. The first-order valence-electron chi connectivity index (χ1n) is 11.7. The molecule has 0 saturated carbocycles. The average molecular weight is 468 g/mol. The summed E-state index contributed by atoms with van der Waals surface area (Å²) in [6, 6.07) is 6.28. The second kappa shape index (κ2) is 14.0. The fourth-order valence-electron chi connectivity index (χ4n) is 2.94. The predicted molar refractivity (Wildman–Crippen MR) is 133 cm³/mol. The first kappa shape index (κ1) is 30.6. The number of halogens is 2. The van der Waals surface area contributed by atoms with Gasteiger partial charge in [-0.25, -0.2) is 13.6 Å². The van der Waals surface area contributed by atoms with Crippen molar-refractivity contribution in [3.05, 3.63) is 47.0 Å². The summed E-state index contributed by atoms with van der Waals surface area (Å²) in [6.45, 7) is 19.0. The van der Waals surface area contributed by atoms with Crippen LogP contribution in [0.25, 0.3) is 0 Å². The number of alkyl halides is 2. The van der Waals surface area contributed by atoms with Crippen molar-refractivity contribution in [1.82, 2.24) is 9.80 Å². The molecular formula is C26H43F2N3O2. The maximum absolute atomic E-state index is 12.6. The molecule has 1 heterocycles. The molecule has 1 N–H and O–H groups in total. The normalized spacial score (nSPS) is 14.5. The Kier molecular flexibility index (Phi) is 12.9. The minimum Gasteiger partial charge on any atom is -0.444 e. The first-order chi connectivity index (χ1) is 15.2. The van der Waals surface area contributed by atoms with Crippen molar-refractivity contribution in [2.24, 2.45) is 0 Å². The van der Waals surface area contributed by atoms with E-state index in [1.54, 1.807) is 17.0 Å². The lowest BCUT2D eigenvalue weighted by molar-refractivity contribution is 0.0170. The second-order valence-electron chi connectivity index (χ2n) is 8.85. The summed E-state index contributed by atoms with van der Waals surface area (Å²) >= 11 is 0. The van der Waals surface area contributed by atoms with Crippen LogP contribution in [0.2, 0.25) is 0 Å². The van der Waals surface area contributed by atoms with Crippen molar-refractivity contribution >= 4 is 11.9 Å². The lowest BCUT2D eigenvalue weighted by Crippen LogP contribution is -2.51. The van der Waals surface area contributed by atoms with Gasteiger partial charge in [0.15, 0.2) is 0 Å². The topological polar surface area (TPSA) is 56.6 Å². The Hall–Kier alpha value is -2.44. The Morgan fingerprint density at radius 1 is 1.03 bits per heavy atom. The number of carbonyl (C=O) groups is 1. The third-order valence-electron chi connectivity index (χ3n) is 4.69. The second-order valence-corrected chi connectivity index (χ2v) is 8.85. The number of amides is 1. The largest absolute Gasteiger partial charge is 0.444 e. The lowest BCUT2D eigenvalue weighted by atomic mass is 10.1. The van der Waals surface area contributed by atoms with Crippen LogP contribution in [0.15, 0.2) is 35.9 Å². The molecule has 2 rings (SSSR count). The smallest absolute Gasteiger partial charge is 0.410 e. The number of benzene rings is 1. The third kappa shape index (κ3) is 11.8. The van der Waals surface area contributed by atoms with E-state index in [4.69, 9.17) is 10.1 Å². The molecule has 188 valence electrons. The number of piperazine rings is 1. The molecule has 0 atom stereocenters. The van der Waals surface area contributed by atoms with Gasteiger partial charge in [-0.15, -0.1) is 0 Å².